The van der Waals surface area contributed by atoms with Gasteiger partial charge < -0.3 is 5.32 Å². The van der Waals surface area contributed by atoms with Crippen LogP contribution in [0.3, 0.4) is 0 Å². The highest BCUT2D eigenvalue weighted by Gasteiger charge is 2.22. The number of aryl methyl sites for hydroxylation is 1. The normalized spacial score (nSPS) is 13.7. The summed E-state index contributed by atoms with van der Waals surface area (Å²) in [6, 6.07) is 4.73. The number of carbonyl (C=O) groups excluding carboxylic acids is 1. The van der Waals surface area contributed by atoms with Crippen molar-refractivity contribution in [1.29, 1.82) is 0 Å². The van der Waals surface area contributed by atoms with Crippen LogP contribution in [0.5, 0.6) is 0 Å². The van der Waals surface area contributed by atoms with E-state index in [9.17, 15) is 9.18 Å². The molecule has 1 heterocycles. The Bertz CT molecular complexity index is 861. The van der Waals surface area contributed by atoms with Crippen molar-refractivity contribution in [2.24, 2.45) is 10.1 Å². The summed E-state index contributed by atoms with van der Waals surface area (Å²) in [5, 5.41) is 8.73. The average molecular weight is 354 g/mol. The van der Waals surface area contributed by atoms with E-state index in [1.54, 1.807) is 30.1 Å². The SMILES string of the molecule is C=C(C)C1=CC(C(=O)NCc2ccc(F)c(C)c2)=NC(=C)N1N=C(C)C. The molecule has 0 aliphatic carbocycles. The Morgan fingerprint density at radius 3 is 2.62 bits per heavy atom. The van der Waals surface area contributed by atoms with E-state index in [0.717, 1.165) is 16.8 Å². The van der Waals surface area contributed by atoms with Gasteiger partial charge in [-0.1, -0.05) is 25.3 Å². The number of carbonyl (C=O) groups is 1. The highest BCUT2D eigenvalue weighted by molar-refractivity contribution is 6.44. The van der Waals surface area contributed by atoms with E-state index >= 15 is 0 Å². The number of rotatable bonds is 5. The summed E-state index contributed by atoms with van der Waals surface area (Å²) in [5.41, 5.74) is 3.80. The fourth-order valence-electron chi connectivity index (χ4n) is 2.37. The fourth-order valence-corrected chi connectivity index (χ4v) is 2.37. The van der Waals surface area contributed by atoms with Crippen LogP contribution in [0.15, 0.2) is 64.6 Å². The lowest BCUT2D eigenvalue weighted by molar-refractivity contribution is -0.114. The molecule has 1 aromatic rings. The molecule has 5 nitrogen and oxygen atoms in total. The average Bonchev–Trinajstić information content (AvgIpc) is 2.56. The van der Waals surface area contributed by atoms with E-state index in [0.29, 0.717) is 17.1 Å². The van der Waals surface area contributed by atoms with Crippen molar-refractivity contribution in [3.63, 3.8) is 0 Å². The van der Waals surface area contributed by atoms with Crippen molar-refractivity contribution in [3.05, 3.63) is 71.5 Å². The van der Waals surface area contributed by atoms with Gasteiger partial charge in [0.05, 0.1) is 5.70 Å². The lowest BCUT2D eigenvalue weighted by Crippen LogP contribution is -2.33. The number of nitrogens with zero attached hydrogens (tertiary/aromatic N) is 3. The minimum absolute atomic E-state index is 0.229. The second-order valence-corrected chi connectivity index (χ2v) is 6.35. The summed E-state index contributed by atoms with van der Waals surface area (Å²) in [6.45, 7) is 15.3. The van der Waals surface area contributed by atoms with Crippen molar-refractivity contribution in [1.82, 2.24) is 10.3 Å². The molecule has 1 N–H and O–H groups in total. The first-order chi connectivity index (χ1) is 12.2. The minimum Gasteiger partial charge on any atom is -0.347 e. The third-order valence-electron chi connectivity index (χ3n) is 3.64. The topological polar surface area (TPSA) is 57.1 Å². The number of aliphatic imine (C=N–C) groups is 1. The highest BCUT2D eigenvalue weighted by Crippen LogP contribution is 2.24. The molecule has 0 atom stereocenters. The summed E-state index contributed by atoms with van der Waals surface area (Å²) in [4.78, 5) is 16.7. The lowest BCUT2D eigenvalue weighted by Gasteiger charge is -2.26. The van der Waals surface area contributed by atoms with Gasteiger partial charge >= 0.3 is 0 Å². The second-order valence-electron chi connectivity index (χ2n) is 6.35. The van der Waals surface area contributed by atoms with E-state index < -0.39 is 0 Å². The van der Waals surface area contributed by atoms with Crippen molar-refractivity contribution in [2.45, 2.75) is 34.2 Å². The van der Waals surface area contributed by atoms with Gasteiger partial charge in [0.25, 0.3) is 5.91 Å². The van der Waals surface area contributed by atoms with Gasteiger partial charge in [-0.15, -0.1) is 0 Å². The Hall–Kier alpha value is -3.02. The Morgan fingerprint density at radius 1 is 1.35 bits per heavy atom. The van der Waals surface area contributed by atoms with Crippen LogP contribution in [-0.2, 0) is 11.3 Å². The predicted molar refractivity (Wildman–Crippen MR) is 103 cm³/mol. The molecule has 1 aliphatic heterocycles. The van der Waals surface area contributed by atoms with E-state index in [4.69, 9.17) is 0 Å². The number of hydrogen-bond acceptors (Lipinski definition) is 4. The Kier molecular flexibility index (Phi) is 5.87. The number of benzene rings is 1. The first-order valence-electron chi connectivity index (χ1n) is 8.19. The van der Waals surface area contributed by atoms with Gasteiger partial charge in [-0.05, 0) is 56.5 Å². The van der Waals surface area contributed by atoms with Crippen LogP contribution in [0.25, 0.3) is 0 Å². The largest absolute Gasteiger partial charge is 0.347 e. The maximum Gasteiger partial charge on any atom is 0.270 e. The van der Waals surface area contributed by atoms with Gasteiger partial charge in [0.15, 0.2) is 0 Å². The van der Waals surface area contributed by atoms with Crippen LogP contribution in [0.1, 0.15) is 31.9 Å². The van der Waals surface area contributed by atoms with Gasteiger partial charge in [0.1, 0.15) is 17.3 Å². The quantitative estimate of drug-likeness (QED) is 0.817. The van der Waals surface area contributed by atoms with Crippen LogP contribution >= 0.6 is 0 Å². The van der Waals surface area contributed by atoms with E-state index in [-0.39, 0.29) is 24.0 Å². The van der Waals surface area contributed by atoms with Gasteiger partial charge in [-0.3, -0.25) is 4.79 Å². The summed E-state index contributed by atoms with van der Waals surface area (Å²) in [5.74, 6) is -0.271. The summed E-state index contributed by atoms with van der Waals surface area (Å²) < 4.78 is 13.3. The Labute approximate surface area is 153 Å². The molecule has 0 radical (unpaired) electrons. The molecule has 0 fully saturated rings. The highest BCUT2D eigenvalue weighted by atomic mass is 19.1. The molecular formula is C20H23FN4O. The molecule has 1 amide bonds. The van der Waals surface area contributed by atoms with Crippen molar-refractivity contribution in [3.8, 4) is 0 Å². The van der Waals surface area contributed by atoms with Gasteiger partial charge in [-0.25, -0.2) is 14.4 Å². The van der Waals surface area contributed by atoms with Crippen LogP contribution < -0.4 is 5.32 Å². The molecule has 0 saturated heterocycles. The van der Waals surface area contributed by atoms with Gasteiger partial charge in [0.2, 0.25) is 0 Å². The maximum absolute atomic E-state index is 13.3. The zero-order valence-electron chi connectivity index (χ0n) is 15.6. The molecular weight excluding hydrogens is 331 g/mol. The van der Waals surface area contributed by atoms with Crippen molar-refractivity contribution < 1.29 is 9.18 Å². The Balaban J connectivity index is 2.18. The van der Waals surface area contributed by atoms with E-state index in [1.807, 2.05) is 20.8 Å². The number of amides is 1. The first-order valence-corrected chi connectivity index (χ1v) is 8.19. The van der Waals surface area contributed by atoms with Crippen LogP contribution in [0.4, 0.5) is 4.39 Å². The number of halogens is 1. The molecule has 1 aromatic carbocycles. The Morgan fingerprint density at radius 2 is 2.04 bits per heavy atom. The maximum atomic E-state index is 13.3. The molecule has 6 heteroatoms. The standard InChI is InChI=1S/C20H23FN4O/c1-12(2)19-10-18(23-15(6)25(19)24-13(3)4)20(26)22-11-16-7-8-17(21)14(5)9-16/h7-10H,1,6,11H2,2-5H3,(H,22,26). The summed E-state index contributed by atoms with van der Waals surface area (Å²) >= 11 is 0. The fraction of sp³-hybridized carbons (Fsp3) is 0.250. The molecule has 26 heavy (non-hydrogen) atoms. The van der Waals surface area contributed by atoms with Crippen LogP contribution in [0, 0.1) is 12.7 Å². The first kappa shape index (κ1) is 19.3. The lowest BCUT2D eigenvalue weighted by atomic mass is 10.1. The molecule has 0 spiro atoms. The molecule has 136 valence electrons. The molecule has 0 saturated carbocycles. The van der Waals surface area contributed by atoms with Gasteiger partial charge in [0, 0.05) is 12.3 Å². The number of hydrogen-bond donors (Lipinski definition) is 1. The number of allylic oxidation sites excluding steroid dienone is 1. The predicted octanol–water partition coefficient (Wildman–Crippen LogP) is 3.83. The zero-order valence-corrected chi connectivity index (χ0v) is 15.6. The third-order valence-corrected chi connectivity index (χ3v) is 3.64. The monoisotopic (exact) mass is 354 g/mol. The summed E-state index contributed by atoms with van der Waals surface area (Å²) in [6.07, 6.45) is 1.63. The zero-order chi connectivity index (χ0) is 19.4. The third kappa shape index (κ3) is 4.53. The second kappa shape index (κ2) is 7.91. The van der Waals surface area contributed by atoms with E-state index in [1.165, 1.54) is 6.07 Å². The van der Waals surface area contributed by atoms with Crippen LogP contribution in [-0.4, -0.2) is 22.3 Å². The number of nitrogens with one attached hydrogen (secondary N) is 1. The van der Waals surface area contributed by atoms with Crippen molar-refractivity contribution in [2.75, 3.05) is 0 Å². The smallest absolute Gasteiger partial charge is 0.270 e. The van der Waals surface area contributed by atoms with Crippen molar-refractivity contribution >= 4 is 17.3 Å². The van der Waals surface area contributed by atoms with Crippen LogP contribution in [0.2, 0.25) is 0 Å². The molecule has 1 aliphatic rings. The summed E-state index contributed by atoms with van der Waals surface area (Å²) in [7, 11) is 0. The van der Waals surface area contributed by atoms with E-state index in [2.05, 4.69) is 28.6 Å². The number of hydrazone groups is 1. The minimum atomic E-state index is -0.344. The molecule has 0 bridgehead atoms. The van der Waals surface area contributed by atoms with Gasteiger partial charge in [-0.2, -0.15) is 5.10 Å². The molecule has 2 rings (SSSR count). The molecule has 0 unspecified atom stereocenters. The molecule has 0 aromatic heterocycles.